The van der Waals surface area contributed by atoms with Crippen molar-refractivity contribution >= 4 is 11.9 Å². The number of amides is 1. The van der Waals surface area contributed by atoms with Crippen molar-refractivity contribution in [2.45, 2.75) is 50.5 Å². The largest absolute Gasteiger partial charge is 0.359 e. The Morgan fingerprint density at radius 1 is 1.25 bits per heavy atom. The van der Waals surface area contributed by atoms with Crippen LogP contribution < -0.4 is 10.6 Å². The average molecular weight is 338 g/mol. The van der Waals surface area contributed by atoms with Crippen molar-refractivity contribution in [1.29, 1.82) is 0 Å². The van der Waals surface area contributed by atoms with Crippen LogP contribution in [0.15, 0.2) is 4.99 Å². The molecule has 1 saturated carbocycles. The highest BCUT2D eigenvalue weighted by atomic mass is 16.1. The summed E-state index contributed by atoms with van der Waals surface area (Å²) in [6.45, 7) is 2.93. The third-order valence-electron chi connectivity index (χ3n) is 5.94. The van der Waals surface area contributed by atoms with Gasteiger partial charge in [-0.2, -0.15) is 0 Å². The maximum atomic E-state index is 11.5. The standard InChI is InChI=1S/C18H35N5O/c1-19-16(24)13-15-7-11-23(12-8-15)17(20-2)21-14-18(22(3)4)9-5-6-10-18/h15H,5-14H2,1-4H3,(H,19,24)(H,20,21). The predicted molar refractivity (Wildman–Crippen MR) is 99.2 cm³/mol. The summed E-state index contributed by atoms with van der Waals surface area (Å²) in [6, 6.07) is 0. The molecule has 2 N–H and O–H groups in total. The minimum Gasteiger partial charge on any atom is -0.359 e. The van der Waals surface area contributed by atoms with E-state index in [1.165, 1.54) is 25.7 Å². The zero-order valence-electron chi connectivity index (χ0n) is 15.9. The number of carbonyl (C=O) groups excluding carboxylic acids is 1. The maximum Gasteiger partial charge on any atom is 0.220 e. The molecule has 0 radical (unpaired) electrons. The van der Waals surface area contributed by atoms with E-state index in [1.807, 2.05) is 7.05 Å². The molecule has 0 aromatic heterocycles. The summed E-state index contributed by atoms with van der Waals surface area (Å²) in [6.07, 6.45) is 7.95. The molecule has 0 aromatic rings. The van der Waals surface area contributed by atoms with Gasteiger partial charge in [0.15, 0.2) is 5.96 Å². The molecule has 138 valence electrons. The number of hydrogen-bond donors (Lipinski definition) is 2. The lowest BCUT2D eigenvalue weighted by atomic mass is 9.93. The molecule has 0 unspecified atom stereocenters. The van der Waals surface area contributed by atoms with Crippen LogP contribution in [0.5, 0.6) is 0 Å². The molecule has 1 aliphatic carbocycles. The highest BCUT2D eigenvalue weighted by molar-refractivity contribution is 5.80. The van der Waals surface area contributed by atoms with Gasteiger partial charge in [0.1, 0.15) is 0 Å². The van der Waals surface area contributed by atoms with E-state index >= 15 is 0 Å². The third-order valence-corrected chi connectivity index (χ3v) is 5.94. The van der Waals surface area contributed by atoms with E-state index < -0.39 is 0 Å². The number of nitrogens with zero attached hydrogens (tertiary/aromatic N) is 3. The lowest BCUT2D eigenvalue weighted by molar-refractivity contribution is -0.121. The van der Waals surface area contributed by atoms with Crippen LogP contribution in [-0.2, 0) is 4.79 Å². The van der Waals surface area contributed by atoms with Gasteiger partial charge < -0.3 is 20.4 Å². The van der Waals surface area contributed by atoms with Gasteiger partial charge in [0.25, 0.3) is 0 Å². The van der Waals surface area contributed by atoms with Gasteiger partial charge in [-0.3, -0.25) is 9.79 Å². The van der Waals surface area contributed by atoms with Crippen molar-refractivity contribution < 1.29 is 4.79 Å². The van der Waals surface area contributed by atoms with Gasteiger partial charge in [-0.05, 0) is 45.7 Å². The van der Waals surface area contributed by atoms with Crippen LogP contribution in [0.4, 0.5) is 0 Å². The van der Waals surface area contributed by atoms with Crippen LogP contribution >= 0.6 is 0 Å². The van der Waals surface area contributed by atoms with Gasteiger partial charge in [-0.25, -0.2) is 0 Å². The van der Waals surface area contributed by atoms with E-state index in [2.05, 4.69) is 39.5 Å². The quantitative estimate of drug-likeness (QED) is 0.586. The highest BCUT2D eigenvalue weighted by Gasteiger charge is 2.36. The van der Waals surface area contributed by atoms with Gasteiger partial charge >= 0.3 is 0 Å². The van der Waals surface area contributed by atoms with E-state index in [9.17, 15) is 4.79 Å². The van der Waals surface area contributed by atoms with Crippen molar-refractivity contribution in [3.8, 4) is 0 Å². The molecule has 2 rings (SSSR count). The van der Waals surface area contributed by atoms with Crippen LogP contribution in [0.1, 0.15) is 44.9 Å². The van der Waals surface area contributed by atoms with E-state index in [1.54, 1.807) is 7.05 Å². The van der Waals surface area contributed by atoms with E-state index in [-0.39, 0.29) is 11.4 Å². The molecule has 1 heterocycles. The normalized spacial score (nSPS) is 22.0. The molecular formula is C18H35N5O. The van der Waals surface area contributed by atoms with Crippen LogP contribution in [0.25, 0.3) is 0 Å². The number of carbonyl (C=O) groups is 1. The molecule has 1 aliphatic heterocycles. The van der Waals surface area contributed by atoms with Gasteiger partial charge in [0, 0.05) is 45.7 Å². The lowest BCUT2D eigenvalue weighted by Crippen LogP contribution is -2.54. The second-order valence-electron chi connectivity index (χ2n) is 7.53. The Bertz CT molecular complexity index is 435. The summed E-state index contributed by atoms with van der Waals surface area (Å²) in [5, 5.41) is 6.36. The van der Waals surface area contributed by atoms with E-state index in [0.29, 0.717) is 12.3 Å². The molecule has 6 nitrogen and oxygen atoms in total. The SMILES string of the molecule is CN=C(NCC1(N(C)C)CCCC1)N1CCC(CC(=O)NC)CC1. The van der Waals surface area contributed by atoms with Crippen LogP contribution in [0.2, 0.25) is 0 Å². The maximum absolute atomic E-state index is 11.5. The van der Waals surface area contributed by atoms with Crippen LogP contribution in [0, 0.1) is 5.92 Å². The lowest BCUT2D eigenvalue weighted by Gasteiger charge is -2.39. The van der Waals surface area contributed by atoms with Gasteiger partial charge in [0.2, 0.25) is 5.91 Å². The van der Waals surface area contributed by atoms with Gasteiger partial charge in [-0.1, -0.05) is 12.8 Å². The first-order valence-corrected chi connectivity index (χ1v) is 9.34. The number of hydrogen-bond acceptors (Lipinski definition) is 3. The smallest absolute Gasteiger partial charge is 0.220 e. The second kappa shape index (κ2) is 8.70. The number of likely N-dealkylation sites (N-methyl/N-ethyl adjacent to an activating group) is 1. The second-order valence-corrected chi connectivity index (χ2v) is 7.53. The molecule has 0 spiro atoms. The topological polar surface area (TPSA) is 60.0 Å². The van der Waals surface area contributed by atoms with Crippen molar-refractivity contribution in [1.82, 2.24) is 20.4 Å². The van der Waals surface area contributed by atoms with Crippen molar-refractivity contribution in [3.63, 3.8) is 0 Å². The summed E-state index contributed by atoms with van der Waals surface area (Å²) in [4.78, 5) is 20.8. The minimum absolute atomic E-state index is 0.158. The number of guanidine groups is 1. The Morgan fingerprint density at radius 2 is 1.88 bits per heavy atom. The number of aliphatic imine (C=N–C) groups is 1. The molecule has 0 bridgehead atoms. The molecule has 1 saturated heterocycles. The number of piperidine rings is 1. The molecule has 24 heavy (non-hydrogen) atoms. The zero-order chi connectivity index (χ0) is 17.6. The predicted octanol–water partition coefficient (Wildman–Crippen LogP) is 1.28. The molecule has 2 aliphatic rings. The van der Waals surface area contributed by atoms with Crippen LogP contribution in [-0.4, -0.2) is 75.0 Å². The van der Waals surface area contributed by atoms with E-state index in [0.717, 1.165) is 38.4 Å². The van der Waals surface area contributed by atoms with Crippen molar-refractivity contribution in [2.75, 3.05) is 47.8 Å². The number of likely N-dealkylation sites (tertiary alicyclic amines) is 1. The Morgan fingerprint density at radius 3 is 2.38 bits per heavy atom. The first-order valence-electron chi connectivity index (χ1n) is 9.34. The first-order chi connectivity index (χ1) is 11.5. The fourth-order valence-corrected chi connectivity index (χ4v) is 4.10. The molecule has 0 aromatic carbocycles. The minimum atomic E-state index is 0.158. The van der Waals surface area contributed by atoms with E-state index in [4.69, 9.17) is 0 Å². The summed E-state index contributed by atoms with van der Waals surface area (Å²) in [5.41, 5.74) is 0.271. The zero-order valence-corrected chi connectivity index (χ0v) is 15.9. The highest BCUT2D eigenvalue weighted by Crippen LogP contribution is 2.33. The van der Waals surface area contributed by atoms with Gasteiger partial charge in [0.05, 0.1) is 0 Å². The fourth-order valence-electron chi connectivity index (χ4n) is 4.10. The first kappa shape index (κ1) is 19.0. The summed E-state index contributed by atoms with van der Waals surface area (Å²) in [5.74, 6) is 1.67. The summed E-state index contributed by atoms with van der Waals surface area (Å²) in [7, 11) is 7.98. The van der Waals surface area contributed by atoms with Crippen molar-refractivity contribution in [2.24, 2.45) is 10.9 Å². The summed E-state index contributed by atoms with van der Waals surface area (Å²) >= 11 is 0. The Hall–Kier alpha value is -1.30. The van der Waals surface area contributed by atoms with Gasteiger partial charge in [-0.15, -0.1) is 0 Å². The monoisotopic (exact) mass is 337 g/mol. The molecule has 1 amide bonds. The third kappa shape index (κ3) is 4.62. The van der Waals surface area contributed by atoms with Crippen LogP contribution in [0.3, 0.4) is 0 Å². The Labute approximate surface area is 147 Å². The molecule has 6 heteroatoms. The summed E-state index contributed by atoms with van der Waals surface area (Å²) < 4.78 is 0. The average Bonchev–Trinajstić information content (AvgIpc) is 3.07. The van der Waals surface area contributed by atoms with Crippen molar-refractivity contribution in [3.05, 3.63) is 0 Å². The molecule has 0 atom stereocenters. The number of nitrogens with one attached hydrogen (secondary N) is 2. The molecule has 2 fully saturated rings. The Balaban J connectivity index is 1.83. The number of rotatable bonds is 5. The fraction of sp³-hybridized carbons (Fsp3) is 0.889. The Kier molecular flexibility index (Phi) is 6.90. The molecular weight excluding hydrogens is 302 g/mol.